The molecule has 2 N–H and O–H groups in total. The molecule has 1 saturated heterocycles. The van der Waals surface area contributed by atoms with E-state index in [9.17, 15) is 14.9 Å². The lowest BCUT2D eigenvalue weighted by Gasteiger charge is -2.30. The van der Waals surface area contributed by atoms with Crippen molar-refractivity contribution in [3.05, 3.63) is 34.4 Å². The Morgan fingerprint density at radius 1 is 1.48 bits per heavy atom. The topological polar surface area (TPSA) is 84.3 Å². The van der Waals surface area contributed by atoms with Crippen molar-refractivity contribution in [3.63, 3.8) is 0 Å². The maximum Gasteiger partial charge on any atom is 0.269 e. The number of non-ortho nitro benzene ring substituents is 1. The van der Waals surface area contributed by atoms with Gasteiger partial charge in [0, 0.05) is 23.1 Å². The van der Waals surface area contributed by atoms with E-state index in [0.29, 0.717) is 11.7 Å². The van der Waals surface area contributed by atoms with Crippen LogP contribution in [0.5, 0.6) is 0 Å². The molecule has 2 unspecified atom stereocenters. The second-order valence-corrected chi connectivity index (χ2v) is 6.23. The summed E-state index contributed by atoms with van der Waals surface area (Å²) in [7, 11) is 0. The molecule has 0 radical (unpaired) electrons. The van der Waals surface area contributed by atoms with Crippen LogP contribution in [0.25, 0.3) is 0 Å². The first-order chi connectivity index (χ1) is 10.1. The van der Waals surface area contributed by atoms with Gasteiger partial charge in [0.05, 0.1) is 10.7 Å². The summed E-state index contributed by atoms with van der Waals surface area (Å²) >= 11 is 1.39. The zero-order valence-electron chi connectivity index (χ0n) is 11.9. The lowest BCUT2D eigenvalue weighted by Crippen LogP contribution is -2.48. The number of nitrogens with zero attached hydrogens (tertiary/aromatic N) is 1. The normalized spacial score (nSPS) is 21.8. The van der Waals surface area contributed by atoms with Gasteiger partial charge < -0.3 is 10.6 Å². The van der Waals surface area contributed by atoms with Gasteiger partial charge in [-0.2, -0.15) is 0 Å². The molecule has 0 spiro atoms. The largest absolute Gasteiger partial charge is 0.352 e. The molecule has 0 bridgehead atoms. The molecule has 7 heteroatoms. The van der Waals surface area contributed by atoms with E-state index in [1.165, 1.54) is 23.9 Å². The molecular weight excluding hydrogens is 290 g/mol. The minimum absolute atomic E-state index is 0.0112. The van der Waals surface area contributed by atoms with Crippen LogP contribution < -0.4 is 10.6 Å². The Balaban J connectivity index is 1.79. The first kappa shape index (κ1) is 15.8. The van der Waals surface area contributed by atoms with Crippen LogP contribution in [-0.2, 0) is 4.79 Å². The first-order valence-corrected chi connectivity index (χ1v) is 7.92. The summed E-state index contributed by atoms with van der Waals surface area (Å²) in [5, 5.41) is 16.9. The first-order valence-electron chi connectivity index (χ1n) is 6.93. The minimum Gasteiger partial charge on any atom is -0.352 e. The highest BCUT2D eigenvalue weighted by molar-refractivity contribution is 8.00. The summed E-state index contributed by atoms with van der Waals surface area (Å²) in [5.74, 6) is 0.776. The van der Waals surface area contributed by atoms with Crippen LogP contribution in [0.1, 0.15) is 13.3 Å². The average Bonchev–Trinajstić information content (AvgIpc) is 2.48. The van der Waals surface area contributed by atoms with Gasteiger partial charge in [0.1, 0.15) is 0 Å². The summed E-state index contributed by atoms with van der Waals surface area (Å²) in [4.78, 5) is 22.9. The van der Waals surface area contributed by atoms with Gasteiger partial charge in [-0.25, -0.2) is 0 Å². The van der Waals surface area contributed by atoms with E-state index in [4.69, 9.17) is 0 Å². The highest BCUT2D eigenvalue weighted by Gasteiger charge is 2.22. The van der Waals surface area contributed by atoms with Gasteiger partial charge >= 0.3 is 0 Å². The fourth-order valence-corrected chi connectivity index (χ4v) is 3.00. The number of nitro benzene ring substituents is 1. The van der Waals surface area contributed by atoms with Crippen LogP contribution in [0.4, 0.5) is 5.69 Å². The van der Waals surface area contributed by atoms with E-state index in [2.05, 4.69) is 17.6 Å². The molecule has 2 rings (SSSR count). The van der Waals surface area contributed by atoms with Gasteiger partial charge in [-0.15, -0.1) is 11.8 Å². The van der Waals surface area contributed by atoms with Crippen molar-refractivity contribution in [1.82, 2.24) is 10.6 Å². The molecule has 114 valence electrons. The second-order valence-electron chi connectivity index (χ2n) is 5.18. The molecule has 1 amide bonds. The van der Waals surface area contributed by atoms with Gasteiger partial charge in [0.15, 0.2) is 0 Å². The quantitative estimate of drug-likeness (QED) is 0.492. The average molecular weight is 309 g/mol. The fraction of sp³-hybridized carbons (Fsp3) is 0.500. The Kier molecular flexibility index (Phi) is 5.58. The van der Waals surface area contributed by atoms with Gasteiger partial charge in [-0.05, 0) is 37.6 Å². The number of hydrogen-bond donors (Lipinski definition) is 2. The predicted octanol–water partition coefficient (Wildman–Crippen LogP) is 1.80. The molecule has 2 atom stereocenters. The molecule has 1 aromatic carbocycles. The van der Waals surface area contributed by atoms with Crippen LogP contribution in [0.15, 0.2) is 29.2 Å². The summed E-state index contributed by atoms with van der Waals surface area (Å²) < 4.78 is 0. The third-order valence-corrected chi connectivity index (χ3v) is 4.56. The van der Waals surface area contributed by atoms with Crippen molar-refractivity contribution in [2.24, 2.45) is 5.92 Å². The van der Waals surface area contributed by atoms with Crippen molar-refractivity contribution < 1.29 is 9.72 Å². The molecule has 0 aliphatic carbocycles. The Labute approximate surface area is 127 Å². The number of thioether (sulfide) groups is 1. The lowest BCUT2D eigenvalue weighted by molar-refractivity contribution is -0.384. The molecule has 1 aliphatic heterocycles. The highest BCUT2D eigenvalue weighted by Crippen LogP contribution is 2.21. The Bertz CT molecular complexity index is 507. The van der Waals surface area contributed by atoms with Crippen molar-refractivity contribution in [1.29, 1.82) is 0 Å². The monoisotopic (exact) mass is 309 g/mol. The highest BCUT2D eigenvalue weighted by atomic mass is 32.2. The van der Waals surface area contributed by atoms with Crippen molar-refractivity contribution >= 4 is 23.4 Å². The number of benzene rings is 1. The number of hydrogen-bond acceptors (Lipinski definition) is 5. The molecule has 21 heavy (non-hydrogen) atoms. The van der Waals surface area contributed by atoms with Crippen molar-refractivity contribution in [3.8, 4) is 0 Å². The molecule has 0 saturated carbocycles. The standard InChI is InChI=1S/C14H19N3O3S/c1-10-8-15-7-6-13(10)16-14(18)9-21-12-4-2-11(3-5-12)17(19)20/h2-5,10,13,15H,6-9H2,1H3,(H,16,18). The number of carbonyl (C=O) groups excluding carboxylic acids is 1. The minimum atomic E-state index is -0.431. The van der Waals surface area contributed by atoms with Crippen LogP contribution in [0.2, 0.25) is 0 Å². The van der Waals surface area contributed by atoms with E-state index in [0.717, 1.165) is 24.4 Å². The smallest absolute Gasteiger partial charge is 0.269 e. The number of piperidine rings is 1. The maximum atomic E-state index is 11.9. The molecule has 1 heterocycles. The Morgan fingerprint density at radius 3 is 2.81 bits per heavy atom. The molecule has 0 aromatic heterocycles. The summed E-state index contributed by atoms with van der Waals surface area (Å²) in [6.45, 7) is 3.99. The maximum absolute atomic E-state index is 11.9. The molecule has 1 aromatic rings. The zero-order chi connectivity index (χ0) is 15.2. The van der Waals surface area contributed by atoms with Crippen LogP contribution in [0.3, 0.4) is 0 Å². The fourth-order valence-electron chi connectivity index (χ4n) is 2.29. The molecular formula is C14H19N3O3S. The van der Waals surface area contributed by atoms with E-state index >= 15 is 0 Å². The molecule has 1 aliphatic rings. The van der Waals surface area contributed by atoms with E-state index in [1.54, 1.807) is 12.1 Å². The summed E-state index contributed by atoms with van der Waals surface area (Å²) in [6, 6.07) is 6.48. The Morgan fingerprint density at radius 2 is 2.19 bits per heavy atom. The van der Waals surface area contributed by atoms with Gasteiger partial charge in [-0.1, -0.05) is 6.92 Å². The predicted molar refractivity (Wildman–Crippen MR) is 82.4 cm³/mol. The van der Waals surface area contributed by atoms with Gasteiger partial charge in [0.25, 0.3) is 5.69 Å². The van der Waals surface area contributed by atoms with Crippen molar-refractivity contribution in [2.75, 3.05) is 18.8 Å². The lowest BCUT2D eigenvalue weighted by atomic mass is 9.95. The second kappa shape index (κ2) is 7.42. The zero-order valence-corrected chi connectivity index (χ0v) is 12.7. The summed E-state index contributed by atoms with van der Waals surface area (Å²) in [5.41, 5.74) is 0.0623. The third kappa shape index (κ3) is 4.71. The number of nitrogens with one attached hydrogen (secondary N) is 2. The Hall–Kier alpha value is -1.60. The van der Waals surface area contributed by atoms with Crippen LogP contribution in [-0.4, -0.2) is 35.7 Å². The number of rotatable bonds is 5. The molecule has 1 fully saturated rings. The molecule has 6 nitrogen and oxygen atoms in total. The third-order valence-electron chi connectivity index (χ3n) is 3.55. The van der Waals surface area contributed by atoms with Crippen LogP contribution in [0, 0.1) is 16.0 Å². The van der Waals surface area contributed by atoms with Gasteiger partial charge in [0.2, 0.25) is 5.91 Å². The SMILES string of the molecule is CC1CNCCC1NC(=O)CSc1ccc([N+](=O)[O-])cc1. The van der Waals surface area contributed by atoms with E-state index in [-0.39, 0.29) is 17.6 Å². The number of amides is 1. The van der Waals surface area contributed by atoms with Crippen LogP contribution >= 0.6 is 11.8 Å². The van der Waals surface area contributed by atoms with E-state index < -0.39 is 4.92 Å². The number of carbonyl (C=O) groups is 1. The van der Waals surface area contributed by atoms with Gasteiger partial charge in [-0.3, -0.25) is 14.9 Å². The van der Waals surface area contributed by atoms with E-state index in [1.807, 2.05) is 0 Å². The number of nitro groups is 1. The summed E-state index contributed by atoms with van der Waals surface area (Å²) in [6.07, 6.45) is 0.953. The van der Waals surface area contributed by atoms with Crippen molar-refractivity contribution in [2.45, 2.75) is 24.3 Å².